The Bertz CT molecular complexity index is 2320. The number of rotatable bonds is 23. The normalized spacial score (nSPS) is 18.6. The highest BCUT2D eigenvalue weighted by atomic mass is 33.1. The number of guanidine groups is 1. The molecule has 7 amide bonds. The molecule has 1 fully saturated rings. The van der Waals surface area contributed by atoms with Crippen molar-refractivity contribution in [1.29, 1.82) is 0 Å². The van der Waals surface area contributed by atoms with Gasteiger partial charge >= 0.3 is 5.97 Å². The monoisotopic (exact) mass is 1020 g/mol. The van der Waals surface area contributed by atoms with Crippen molar-refractivity contribution in [2.75, 3.05) is 25.9 Å². The third-order valence-corrected chi connectivity index (χ3v) is 14.4. The van der Waals surface area contributed by atoms with Crippen LogP contribution in [0.15, 0.2) is 72.1 Å². The number of hydrogen-bond acceptors (Lipinski definition) is 14. The molecule has 1 saturated heterocycles. The summed E-state index contributed by atoms with van der Waals surface area (Å²) in [5.74, 6) is -7.23. The molecular weight excluding hydrogens is 959 g/mol. The lowest BCUT2D eigenvalue weighted by atomic mass is 9.99. The quantitative estimate of drug-likeness (QED) is 0.0228. The van der Waals surface area contributed by atoms with Gasteiger partial charge in [0.2, 0.25) is 41.4 Å². The second kappa shape index (κ2) is 27.5. The first kappa shape index (κ1) is 56.7. The van der Waals surface area contributed by atoms with Gasteiger partial charge in [-0.15, -0.1) is 0 Å². The summed E-state index contributed by atoms with van der Waals surface area (Å²) >= 11 is 0. The van der Waals surface area contributed by atoms with Crippen molar-refractivity contribution >= 4 is 74.9 Å². The predicted molar refractivity (Wildman–Crippen MR) is 268 cm³/mol. The fourth-order valence-electron chi connectivity index (χ4n) is 7.26. The lowest BCUT2D eigenvalue weighted by Gasteiger charge is -2.34. The number of aliphatic imine (C=N–C) groups is 1. The van der Waals surface area contributed by atoms with Crippen molar-refractivity contribution in [2.24, 2.45) is 22.4 Å². The van der Waals surface area contributed by atoms with Crippen molar-refractivity contribution in [3.8, 4) is 5.75 Å². The number of H-pyrrole nitrogens is 1. The standard InChI is InChI=1S/C46H65N13O10S2/c1-25(2)36(58-38(62)30(53-35(61)22-49-5)12-9-17-51-45(47)48)42(66)55-31(18-27-13-15-29(60)16-14-27)39(63)57-34-23-70-71-46(3,4)37(43(67)56-33(44(68)69)19-26-10-7-6-8-11-26)59-40(64)32(54-41(34)65)20-28-21-50-24-52-28/h6-8,10-11,13-16,21,24-25,30-34,36-37,49,60H,9,12,17-20,22-23H2,1-5H3,(H,50,52)(H,53,61)(H,54,65)(H,55,66)(H,56,67)(H,57,63)(H,58,62)(H,59,64)(H,68,69)(H4,47,48,51)/t30-,31-,32-,33-,34-,36-,37+/m0/s1. The summed E-state index contributed by atoms with van der Waals surface area (Å²) < 4.78 is -1.16. The van der Waals surface area contributed by atoms with Crippen LogP contribution in [0, 0.1) is 5.92 Å². The number of carboxylic acid groups (broad SMARTS) is 1. The smallest absolute Gasteiger partial charge is 0.326 e. The Morgan fingerprint density at radius 1 is 0.859 bits per heavy atom. The van der Waals surface area contributed by atoms with Gasteiger partial charge in [-0.25, -0.2) is 9.78 Å². The van der Waals surface area contributed by atoms with Gasteiger partial charge in [0.25, 0.3) is 0 Å². The van der Waals surface area contributed by atoms with Crippen molar-refractivity contribution in [3.63, 3.8) is 0 Å². The second-order valence-corrected chi connectivity index (χ2v) is 20.7. The molecule has 15 N–H and O–H groups in total. The molecule has 3 aromatic rings. The van der Waals surface area contributed by atoms with Gasteiger partial charge in [-0.05, 0) is 62.9 Å². The number of hydrogen-bond donors (Lipinski definition) is 13. The number of likely N-dealkylation sites (N-methyl/N-ethyl adjacent to an activating group) is 1. The lowest BCUT2D eigenvalue weighted by molar-refractivity contribution is -0.142. The number of aromatic amines is 1. The van der Waals surface area contributed by atoms with Gasteiger partial charge in [0, 0.05) is 48.2 Å². The Morgan fingerprint density at radius 2 is 1.54 bits per heavy atom. The van der Waals surface area contributed by atoms with E-state index < -0.39 is 100 Å². The van der Waals surface area contributed by atoms with Gasteiger partial charge < -0.3 is 69.2 Å². The summed E-state index contributed by atoms with van der Waals surface area (Å²) in [6.45, 7) is 6.78. The number of carbonyl (C=O) groups excluding carboxylic acids is 7. The SMILES string of the molecule is CNCC(=O)N[C@@H](CCCN=C(N)N)C(=O)N[C@H](C(=O)N[C@@H](Cc1ccc(O)cc1)C(=O)N[C@H]1CSSC(C)(C)[C@@H](C(=O)N[C@@H](Cc2ccccc2)C(=O)O)NC(=O)[C@H](Cc2cnc[nH]2)NC1=O)C(C)C. The van der Waals surface area contributed by atoms with Crippen molar-refractivity contribution in [2.45, 2.75) is 107 Å². The van der Waals surface area contributed by atoms with E-state index in [9.17, 15) is 48.6 Å². The third-order valence-electron chi connectivity index (χ3n) is 11.1. The maximum absolute atomic E-state index is 14.5. The Labute approximate surface area is 419 Å². The van der Waals surface area contributed by atoms with E-state index in [0.717, 1.165) is 21.6 Å². The van der Waals surface area contributed by atoms with Crippen LogP contribution in [-0.2, 0) is 57.6 Å². The number of nitrogens with zero attached hydrogens (tertiary/aromatic N) is 2. The molecule has 0 aliphatic carbocycles. The molecule has 1 aliphatic heterocycles. The molecule has 71 heavy (non-hydrogen) atoms. The van der Waals surface area contributed by atoms with Gasteiger partial charge in [-0.3, -0.25) is 38.6 Å². The highest BCUT2D eigenvalue weighted by Gasteiger charge is 2.42. The Hall–Kier alpha value is -6.86. The highest BCUT2D eigenvalue weighted by molar-refractivity contribution is 8.77. The Balaban J connectivity index is 1.62. The van der Waals surface area contributed by atoms with Gasteiger partial charge in [0.15, 0.2) is 5.96 Å². The zero-order chi connectivity index (χ0) is 52.3. The molecule has 1 aromatic heterocycles. The Kier molecular flexibility index (Phi) is 22.0. The maximum Gasteiger partial charge on any atom is 0.326 e. The van der Waals surface area contributed by atoms with Crippen LogP contribution >= 0.6 is 21.6 Å². The first-order valence-electron chi connectivity index (χ1n) is 22.8. The number of aromatic hydroxyl groups is 1. The molecule has 1 aliphatic rings. The van der Waals surface area contributed by atoms with E-state index in [4.69, 9.17) is 11.5 Å². The second-order valence-electron chi connectivity index (χ2n) is 17.7. The predicted octanol–water partition coefficient (Wildman–Crippen LogP) is -1.28. The molecule has 2 aromatic carbocycles. The molecule has 4 rings (SSSR count). The average Bonchev–Trinajstić information content (AvgIpc) is 3.83. The number of phenols is 1. The summed E-state index contributed by atoms with van der Waals surface area (Å²) in [5.41, 5.74) is 12.5. The van der Waals surface area contributed by atoms with Crippen LogP contribution < -0.4 is 54.0 Å². The van der Waals surface area contributed by atoms with E-state index in [1.807, 2.05) is 0 Å². The number of amides is 7. The van der Waals surface area contributed by atoms with Crippen molar-refractivity contribution in [3.05, 3.63) is 83.9 Å². The summed E-state index contributed by atoms with van der Waals surface area (Å²) in [7, 11) is 3.79. The molecule has 0 unspecified atom stereocenters. The van der Waals surface area contributed by atoms with Crippen LogP contribution in [0.1, 0.15) is 57.4 Å². The number of phenolic OH excluding ortho intramolecular Hbond substituents is 1. The summed E-state index contributed by atoms with van der Waals surface area (Å²) in [6.07, 6.45) is 2.94. The largest absolute Gasteiger partial charge is 0.508 e. The third kappa shape index (κ3) is 18.4. The number of nitrogens with one attached hydrogen (secondary N) is 9. The molecule has 23 nitrogen and oxygen atoms in total. The molecule has 2 heterocycles. The van der Waals surface area contributed by atoms with Gasteiger partial charge in [0.05, 0.1) is 12.9 Å². The van der Waals surface area contributed by atoms with Crippen LogP contribution in [0.4, 0.5) is 0 Å². The van der Waals surface area contributed by atoms with E-state index in [0.29, 0.717) is 23.2 Å². The zero-order valence-corrected chi connectivity index (χ0v) is 41.8. The number of carbonyl (C=O) groups is 8. The number of imidazole rings is 1. The molecule has 0 radical (unpaired) electrons. The minimum atomic E-state index is -1.38. The van der Waals surface area contributed by atoms with Gasteiger partial charge in [0.1, 0.15) is 48.0 Å². The van der Waals surface area contributed by atoms with Crippen LogP contribution in [0.25, 0.3) is 0 Å². The summed E-state index contributed by atoms with van der Waals surface area (Å²) in [4.78, 5) is 121. The van der Waals surface area contributed by atoms with Crippen molar-refractivity contribution in [1.82, 2.24) is 52.5 Å². The summed E-state index contributed by atoms with van der Waals surface area (Å²) in [6, 6.07) is 5.53. The molecule has 0 saturated carbocycles. The molecule has 0 bridgehead atoms. The van der Waals surface area contributed by atoms with Crippen LogP contribution in [0.5, 0.6) is 5.75 Å². The first-order chi connectivity index (χ1) is 33.7. The molecule has 7 atom stereocenters. The topological polar surface area (TPSA) is 366 Å². The van der Waals surface area contributed by atoms with E-state index >= 15 is 0 Å². The molecule has 25 heteroatoms. The van der Waals surface area contributed by atoms with Crippen LogP contribution in [-0.4, -0.2) is 146 Å². The van der Waals surface area contributed by atoms with Crippen LogP contribution in [0.3, 0.4) is 0 Å². The fourth-order valence-corrected chi connectivity index (χ4v) is 10.1. The molecular formula is C46H65N13O10S2. The first-order valence-corrected chi connectivity index (χ1v) is 25.1. The number of benzene rings is 2. The average molecular weight is 1020 g/mol. The summed E-state index contributed by atoms with van der Waals surface area (Å²) in [5, 5.41) is 41.7. The van der Waals surface area contributed by atoms with Crippen molar-refractivity contribution < 1.29 is 48.6 Å². The van der Waals surface area contributed by atoms with E-state index in [2.05, 4.69) is 57.5 Å². The lowest BCUT2D eigenvalue weighted by Crippen LogP contribution is -2.63. The zero-order valence-electron chi connectivity index (χ0n) is 40.2. The van der Waals surface area contributed by atoms with E-state index in [1.54, 1.807) is 77.2 Å². The minimum Gasteiger partial charge on any atom is -0.508 e. The fraction of sp³-hybridized carbons (Fsp3) is 0.478. The molecule has 0 spiro atoms. The van der Waals surface area contributed by atoms with Gasteiger partial charge in [-0.2, -0.15) is 0 Å². The van der Waals surface area contributed by atoms with E-state index in [1.165, 1.54) is 24.7 Å². The number of aromatic nitrogens is 2. The molecule has 386 valence electrons. The maximum atomic E-state index is 14.5. The highest BCUT2D eigenvalue weighted by Crippen LogP contribution is 2.39. The number of aliphatic carboxylic acids is 1. The number of nitrogens with two attached hydrogens (primary N) is 2. The number of carboxylic acids is 1. The van der Waals surface area contributed by atoms with Crippen LogP contribution in [0.2, 0.25) is 0 Å². The van der Waals surface area contributed by atoms with Gasteiger partial charge in [-0.1, -0.05) is 77.9 Å². The van der Waals surface area contributed by atoms with E-state index in [-0.39, 0.29) is 56.2 Å². The minimum absolute atomic E-state index is 0.0359. The Morgan fingerprint density at radius 3 is 2.15 bits per heavy atom.